The molecule has 0 aliphatic rings. The van der Waals surface area contributed by atoms with Crippen LogP contribution in [-0.4, -0.2) is 24.7 Å². The van der Waals surface area contributed by atoms with Crippen LogP contribution in [0.15, 0.2) is 77.7 Å². The quantitative estimate of drug-likeness (QED) is 0.469. The van der Waals surface area contributed by atoms with Crippen molar-refractivity contribution in [2.75, 3.05) is 23.5 Å². The number of ether oxygens (including phenoxy) is 1. The van der Waals surface area contributed by atoms with Gasteiger partial charge >= 0.3 is 0 Å². The van der Waals surface area contributed by atoms with Gasteiger partial charge in [0.05, 0.1) is 19.3 Å². The van der Waals surface area contributed by atoms with Gasteiger partial charge in [-0.15, -0.1) is 11.8 Å². The van der Waals surface area contributed by atoms with Gasteiger partial charge in [-0.1, -0.05) is 29.8 Å². The van der Waals surface area contributed by atoms with E-state index in [9.17, 15) is 9.59 Å². The second-order valence-corrected chi connectivity index (χ2v) is 7.93. The summed E-state index contributed by atoms with van der Waals surface area (Å²) in [6.45, 7) is 0. The molecular formula is C23H21ClN2O3S. The maximum absolute atomic E-state index is 12.2. The lowest BCUT2D eigenvalue weighted by Gasteiger charge is -2.08. The lowest BCUT2D eigenvalue weighted by atomic mass is 10.1. The predicted octanol–water partition coefficient (Wildman–Crippen LogP) is 5.26. The molecule has 0 unspecified atom stereocenters. The van der Waals surface area contributed by atoms with Crippen LogP contribution in [0, 0.1) is 0 Å². The van der Waals surface area contributed by atoms with Gasteiger partial charge in [-0.2, -0.15) is 0 Å². The number of rotatable bonds is 8. The van der Waals surface area contributed by atoms with Crippen molar-refractivity contribution in [1.29, 1.82) is 0 Å². The molecular weight excluding hydrogens is 420 g/mol. The Kier molecular flexibility index (Phi) is 7.76. The third-order valence-corrected chi connectivity index (χ3v) is 5.40. The van der Waals surface area contributed by atoms with E-state index in [4.69, 9.17) is 16.3 Å². The maximum atomic E-state index is 12.2. The molecule has 154 valence electrons. The van der Waals surface area contributed by atoms with Crippen molar-refractivity contribution in [2.45, 2.75) is 11.3 Å². The summed E-state index contributed by atoms with van der Waals surface area (Å²) in [5.41, 5.74) is 2.30. The molecule has 0 aliphatic carbocycles. The van der Waals surface area contributed by atoms with Gasteiger partial charge in [0.1, 0.15) is 5.75 Å². The first-order valence-electron chi connectivity index (χ1n) is 9.23. The average molecular weight is 441 g/mol. The zero-order valence-corrected chi connectivity index (χ0v) is 17.9. The summed E-state index contributed by atoms with van der Waals surface area (Å²) in [5.74, 6) is 0.762. The number of nitrogens with one attached hydrogen (secondary N) is 2. The van der Waals surface area contributed by atoms with Gasteiger partial charge < -0.3 is 15.4 Å². The Labute approximate surface area is 184 Å². The molecule has 0 aromatic heterocycles. The predicted molar refractivity (Wildman–Crippen MR) is 123 cm³/mol. The number of methoxy groups -OCH3 is 1. The minimum atomic E-state index is -0.103. The minimum Gasteiger partial charge on any atom is -0.497 e. The molecule has 30 heavy (non-hydrogen) atoms. The molecule has 0 saturated heterocycles. The smallest absolute Gasteiger partial charge is 0.234 e. The highest BCUT2D eigenvalue weighted by molar-refractivity contribution is 8.00. The van der Waals surface area contributed by atoms with E-state index in [1.165, 1.54) is 11.8 Å². The van der Waals surface area contributed by atoms with E-state index in [1.807, 2.05) is 54.6 Å². The number of anilines is 2. The molecule has 0 spiro atoms. The Bertz CT molecular complexity index is 1010. The average Bonchev–Trinajstić information content (AvgIpc) is 2.75. The first kappa shape index (κ1) is 21.7. The molecule has 0 fully saturated rings. The summed E-state index contributed by atoms with van der Waals surface area (Å²) in [4.78, 5) is 25.3. The zero-order chi connectivity index (χ0) is 21.3. The molecule has 0 radical (unpaired) electrons. The Morgan fingerprint density at radius 2 is 1.60 bits per heavy atom. The second kappa shape index (κ2) is 10.7. The fraction of sp³-hybridized carbons (Fsp3) is 0.130. The van der Waals surface area contributed by atoms with Crippen molar-refractivity contribution in [3.63, 3.8) is 0 Å². The van der Waals surface area contributed by atoms with Gasteiger partial charge in [0.15, 0.2) is 0 Å². The maximum Gasteiger partial charge on any atom is 0.234 e. The first-order chi connectivity index (χ1) is 14.5. The second-order valence-electron chi connectivity index (χ2n) is 6.44. The van der Waals surface area contributed by atoms with Gasteiger partial charge in [0.25, 0.3) is 0 Å². The van der Waals surface area contributed by atoms with E-state index in [2.05, 4.69) is 10.6 Å². The van der Waals surface area contributed by atoms with Gasteiger partial charge in [-0.25, -0.2) is 0 Å². The summed E-state index contributed by atoms with van der Waals surface area (Å²) >= 11 is 7.28. The number of hydrogen-bond acceptors (Lipinski definition) is 4. The highest BCUT2D eigenvalue weighted by Gasteiger charge is 2.07. The zero-order valence-electron chi connectivity index (χ0n) is 16.4. The summed E-state index contributed by atoms with van der Waals surface area (Å²) in [6.07, 6.45) is 0.276. The molecule has 0 saturated carbocycles. The molecule has 2 amide bonds. The highest BCUT2D eigenvalue weighted by Crippen LogP contribution is 2.22. The number of benzene rings is 3. The largest absolute Gasteiger partial charge is 0.497 e. The first-order valence-corrected chi connectivity index (χ1v) is 10.6. The summed E-state index contributed by atoms with van der Waals surface area (Å²) < 4.78 is 5.15. The van der Waals surface area contributed by atoms with Gasteiger partial charge in [0.2, 0.25) is 11.8 Å². The van der Waals surface area contributed by atoms with Crippen LogP contribution >= 0.6 is 23.4 Å². The number of thioether (sulfide) groups is 1. The summed E-state index contributed by atoms with van der Waals surface area (Å²) in [7, 11) is 1.58. The van der Waals surface area contributed by atoms with Crippen LogP contribution in [0.4, 0.5) is 11.4 Å². The third kappa shape index (κ3) is 6.83. The lowest BCUT2D eigenvalue weighted by Crippen LogP contribution is -2.14. The minimum absolute atomic E-state index is 0.101. The van der Waals surface area contributed by atoms with Crippen LogP contribution < -0.4 is 15.4 Å². The van der Waals surface area contributed by atoms with Crippen LogP contribution in [0.2, 0.25) is 5.02 Å². The van der Waals surface area contributed by atoms with E-state index in [0.717, 1.165) is 10.5 Å². The standard InChI is InChI=1S/C23H21ClN2O3S/c1-29-20-4-2-3-19(14-20)26-23(28)15-30-21-11-9-18(10-12-21)25-22(27)13-16-5-7-17(24)8-6-16/h2-12,14H,13,15H2,1H3,(H,25,27)(H,26,28). The van der Waals surface area contributed by atoms with E-state index in [1.54, 1.807) is 25.3 Å². The molecule has 0 aliphatic heterocycles. The van der Waals surface area contributed by atoms with Gasteiger partial charge in [0, 0.05) is 27.4 Å². The van der Waals surface area contributed by atoms with Crippen LogP contribution in [0.5, 0.6) is 5.75 Å². The topological polar surface area (TPSA) is 67.4 Å². The molecule has 3 aromatic rings. The van der Waals surface area contributed by atoms with Gasteiger partial charge in [-0.3, -0.25) is 9.59 Å². The van der Waals surface area contributed by atoms with Crippen molar-refractivity contribution in [1.82, 2.24) is 0 Å². The van der Waals surface area contributed by atoms with Crippen molar-refractivity contribution < 1.29 is 14.3 Å². The number of carbonyl (C=O) groups excluding carboxylic acids is 2. The van der Waals surface area contributed by atoms with E-state index in [0.29, 0.717) is 22.1 Å². The normalized spacial score (nSPS) is 10.3. The van der Waals surface area contributed by atoms with Crippen molar-refractivity contribution in [2.24, 2.45) is 0 Å². The summed E-state index contributed by atoms with van der Waals surface area (Å²) in [6, 6.07) is 21.8. The molecule has 5 nitrogen and oxygen atoms in total. The summed E-state index contributed by atoms with van der Waals surface area (Å²) in [5, 5.41) is 6.36. The van der Waals surface area contributed by atoms with Crippen LogP contribution in [0.1, 0.15) is 5.56 Å². The van der Waals surface area contributed by atoms with Crippen LogP contribution in [-0.2, 0) is 16.0 Å². The molecule has 3 rings (SSSR count). The number of amides is 2. The monoisotopic (exact) mass is 440 g/mol. The Hall–Kier alpha value is -2.96. The molecule has 0 atom stereocenters. The van der Waals surface area contributed by atoms with E-state index < -0.39 is 0 Å². The van der Waals surface area contributed by atoms with Crippen LogP contribution in [0.25, 0.3) is 0 Å². The fourth-order valence-electron chi connectivity index (χ4n) is 2.67. The molecule has 2 N–H and O–H groups in total. The van der Waals surface area contributed by atoms with Crippen LogP contribution in [0.3, 0.4) is 0 Å². The number of halogens is 1. The SMILES string of the molecule is COc1cccc(NC(=O)CSc2ccc(NC(=O)Cc3ccc(Cl)cc3)cc2)c1. The van der Waals surface area contributed by atoms with Crippen molar-refractivity contribution in [3.8, 4) is 5.75 Å². The van der Waals surface area contributed by atoms with E-state index in [-0.39, 0.29) is 24.0 Å². The van der Waals surface area contributed by atoms with Gasteiger partial charge in [-0.05, 0) is 54.1 Å². The molecule has 0 heterocycles. The molecule has 7 heteroatoms. The molecule has 3 aromatic carbocycles. The van der Waals surface area contributed by atoms with Crippen molar-refractivity contribution in [3.05, 3.63) is 83.4 Å². The third-order valence-electron chi connectivity index (χ3n) is 4.14. The number of carbonyl (C=O) groups is 2. The molecule has 0 bridgehead atoms. The Morgan fingerprint density at radius 1 is 0.900 bits per heavy atom. The number of hydrogen-bond donors (Lipinski definition) is 2. The lowest BCUT2D eigenvalue weighted by molar-refractivity contribution is -0.115. The van der Waals surface area contributed by atoms with E-state index >= 15 is 0 Å². The van der Waals surface area contributed by atoms with Crippen molar-refractivity contribution >= 4 is 46.6 Å². The Morgan fingerprint density at radius 3 is 2.30 bits per heavy atom. The fourth-order valence-corrected chi connectivity index (χ4v) is 3.50. The highest BCUT2D eigenvalue weighted by atomic mass is 35.5. The Balaban J connectivity index is 1.46.